The Balaban J connectivity index is 4.16. The van der Waals surface area contributed by atoms with Crippen LogP contribution in [-0.4, -0.2) is 56.3 Å². The summed E-state index contributed by atoms with van der Waals surface area (Å²) in [6, 6.07) is 0. The third kappa shape index (κ3) is 42.1. The van der Waals surface area contributed by atoms with Gasteiger partial charge in [0.25, 0.3) is 0 Å². The molecule has 0 aliphatic rings. The van der Waals surface area contributed by atoms with Crippen LogP contribution in [0.1, 0.15) is 219 Å². The maximum absolute atomic E-state index is 12.6. The molecule has 0 spiro atoms. The quantitative estimate of drug-likeness (QED) is 0.0268. The van der Waals surface area contributed by atoms with Crippen LogP contribution in [0.2, 0.25) is 0 Å². The van der Waals surface area contributed by atoms with Crippen molar-refractivity contribution >= 4 is 19.8 Å². The molecule has 0 aliphatic carbocycles. The number of phosphoric ester groups is 1. The highest BCUT2D eigenvalue weighted by atomic mass is 31.2. The van der Waals surface area contributed by atoms with Gasteiger partial charge in [0.15, 0.2) is 6.10 Å². The lowest BCUT2D eigenvalue weighted by atomic mass is 10.0. The Kier molecular flexibility index (Phi) is 41.9. The summed E-state index contributed by atoms with van der Waals surface area (Å²) in [5, 5.41) is 2.83. The van der Waals surface area contributed by atoms with Gasteiger partial charge >= 0.3 is 19.8 Å². The first kappa shape index (κ1) is 54.5. The van der Waals surface area contributed by atoms with Crippen LogP contribution in [0, 0.1) is 0 Å². The van der Waals surface area contributed by atoms with Crippen LogP contribution in [-0.2, 0) is 32.7 Å². The molecule has 0 saturated heterocycles. The summed E-state index contributed by atoms with van der Waals surface area (Å²) in [5.41, 5.74) is 0. The molecule has 0 saturated carbocycles. The van der Waals surface area contributed by atoms with Crippen LogP contribution < -0.4 is 5.32 Å². The number of phosphoric acid groups is 1. The Morgan fingerprint density at radius 2 is 0.964 bits per heavy atom. The van der Waals surface area contributed by atoms with Gasteiger partial charge in [0.2, 0.25) is 0 Å². The highest BCUT2D eigenvalue weighted by molar-refractivity contribution is 7.47. The fourth-order valence-corrected chi connectivity index (χ4v) is 7.28. The highest BCUT2D eigenvalue weighted by Gasteiger charge is 2.26. The number of esters is 2. The van der Waals surface area contributed by atoms with E-state index in [1.165, 1.54) is 128 Å². The van der Waals surface area contributed by atoms with E-state index in [1.807, 2.05) is 0 Å². The van der Waals surface area contributed by atoms with E-state index in [9.17, 15) is 19.0 Å². The van der Waals surface area contributed by atoms with Crippen molar-refractivity contribution in [2.75, 3.05) is 33.4 Å². The second kappa shape index (κ2) is 43.1. The molecule has 2 unspecified atom stereocenters. The predicted octanol–water partition coefficient (Wildman–Crippen LogP) is 13.4. The summed E-state index contributed by atoms with van der Waals surface area (Å²) in [7, 11) is -2.65. The number of unbranched alkanes of at least 4 members (excludes halogenated alkanes) is 26. The Labute approximate surface area is 344 Å². The minimum absolute atomic E-state index is 0.0172. The van der Waals surface area contributed by atoms with Crippen molar-refractivity contribution in [1.29, 1.82) is 0 Å². The van der Waals surface area contributed by atoms with Gasteiger partial charge in [0.1, 0.15) is 6.61 Å². The van der Waals surface area contributed by atoms with Crippen LogP contribution in [0.25, 0.3) is 0 Å². The molecule has 2 atom stereocenters. The fraction of sp³-hybridized carbons (Fsp3) is 0.870. The van der Waals surface area contributed by atoms with Gasteiger partial charge in [-0.05, 0) is 52.0 Å². The summed E-state index contributed by atoms with van der Waals surface area (Å²) in [6.07, 6.45) is 45.0. The number of hydrogen-bond acceptors (Lipinski definition) is 8. The molecule has 56 heavy (non-hydrogen) atoms. The van der Waals surface area contributed by atoms with Gasteiger partial charge in [-0.1, -0.05) is 186 Å². The van der Waals surface area contributed by atoms with E-state index in [1.54, 1.807) is 7.05 Å². The molecular formula is C46H88NO8P. The molecule has 0 rings (SSSR count). The number of carbonyl (C=O) groups excluding carboxylic acids is 2. The number of carbonyl (C=O) groups is 2. The maximum atomic E-state index is 12.6. The molecule has 0 fully saturated rings. The fourth-order valence-electron chi connectivity index (χ4n) is 6.53. The van der Waals surface area contributed by atoms with Crippen molar-refractivity contribution in [2.24, 2.45) is 0 Å². The number of ether oxygens (including phenoxy) is 2. The monoisotopic (exact) mass is 814 g/mol. The Hall–Kier alpha value is -1.51. The smallest absolute Gasteiger partial charge is 0.462 e. The van der Waals surface area contributed by atoms with Crippen molar-refractivity contribution < 1.29 is 37.6 Å². The average molecular weight is 814 g/mol. The third-order valence-electron chi connectivity index (χ3n) is 10.1. The molecule has 0 radical (unpaired) electrons. The van der Waals surface area contributed by atoms with Crippen molar-refractivity contribution in [3.63, 3.8) is 0 Å². The van der Waals surface area contributed by atoms with Gasteiger partial charge in [-0.15, -0.1) is 0 Å². The lowest BCUT2D eigenvalue weighted by Gasteiger charge is -2.20. The maximum Gasteiger partial charge on any atom is 0.472 e. The average Bonchev–Trinajstić information content (AvgIpc) is 3.18. The molecular weight excluding hydrogens is 725 g/mol. The largest absolute Gasteiger partial charge is 0.472 e. The summed E-state index contributed by atoms with van der Waals surface area (Å²) in [4.78, 5) is 35.1. The first-order chi connectivity index (χ1) is 27.3. The predicted molar refractivity (Wildman–Crippen MR) is 234 cm³/mol. The second-order valence-electron chi connectivity index (χ2n) is 15.6. The number of nitrogens with one attached hydrogen (secondary N) is 1. The lowest BCUT2D eigenvalue weighted by molar-refractivity contribution is -0.161. The highest BCUT2D eigenvalue weighted by Crippen LogP contribution is 2.43. The van der Waals surface area contributed by atoms with Crippen molar-refractivity contribution in [3.8, 4) is 0 Å². The van der Waals surface area contributed by atoms with Crippen LogP contribution in [0.15, 0.2) is 24.3 Å². The number of likely N-dealkylation sites (N-methyl/N-ethyl adjacent to an activating group) is 1. The first-order valence-electron chi connectivity index (χ1n) is 23.3. The molecule has 330 valence electrons. The van der Waals surface area contributed by atoms with Crippen molar-refractivity contribution in [3.05, 3.63) is 24.3 Å². The van der Waals surface area contributed by atoms with Crippen LogP contribution in [0.3, 0.4) is 0 Å². The minimum atomic E-state index is -4.35. The van der Waals surface area contributed by atoms with Crippen molar-refractivity contribution in [1.82, 2.24) is 5.32 Å². The zero-order valence-electron chi connectivity index (χ0n) is 36.6. The Morgan fingerprint density at radius 1 is 0.554 bits per heavy atom. The summed E-state index contributed by atoms with van der Waals surface area (Å²) >= 11 is 0. The molecule has 0 aromatic carbocycles. The van der Waals surface area contributed by atoms with E-state index < -0.39 is 26.5 Å². The lowest BCUT2D eigenvalue weighted by Crippen LogP contribution is -2.29. The molecule has 0 aromatic heterocycles. The molecule has 0 amide bonds. The Morgan fingerprint density at radius 3 is 1.45 bits per heavy atom. The van der Waals surface area contributed by atoms with Crippen molar-refractivity contribution in [2.45, 2.75) is 225 Å². The van der Waals surface area contributed by atoms with E-state index in [0.29, 0.717) is 13.0 Å². The molecule has 10 heteroatoms. The zero-order chi connectivity index (χ0) is 41.1. The van der Waals surface area contributed by atoms with Gasteiger partial charge in [-0.2, -0.15) is 0 Å². The van der Waals surface area contributed by atoms with E-state index in [0.717, 1.165) is 57.8 Å². The molecule has 0 bridgehead atoms. The first-order valence-corrected chi connectivity index (χ1v) is 24.8. The summed E-state index contributed by atoms with van der Waals surface area (Å²) < 4.78 is 33.2. The van der Waals surface area contributed by atoms with Gasteiger partial charge in [0, 0.05) is 19.4 Å². The number of rotatable bonds is 44. The van der Waals surface area contributed by atoms with Crippen LogP contribution >= 0.6 is 7.82 Å². The van der Waals surface area contributed by atoms with Crippen LogP contribution in [0.4, 0.5) is 0 Å². The zero-order valence-corrected chi connectivity index (χ0v) is 37.5. The molecule has 2 N–H and O–H groups in total. The van der Waals surface area contributed by atoms with E-state index >= 15 is 0 Å². The second-order valence-corrected chi connectivity index (χ2v) is 17.0. The Bertz CT molecular complexity index is 975. The van der Waals surface area contributed by atoms with Crippen LogP contribution in [0.5, 0.6) is 0 Å². The van der Waals surface area contributed by atoms with Gasteiger partial charge in [-0.25, -0.2) is 4.57 Å². The molecule has 0 aromatic rings. The van der Waals surface area contributed by atoms with E-state index in [4.69, 9.17) is 18.5 Å². The number of hydrogen-bond donors (Lipinski definition) is 2. The minimum Gasteiger partial charge on any atom is -0.462 e. The normalized spacial score (nSPS) is 13.4. The summed E-state index contributed by atoms with van der Waals surface area (Å²) in [5.74, 6) is -0.813. The van der Waals surface area contributed by atoms with Gasteiger partial charge < -0.3 is 19.7 Å². The summed E-state index contributed by atoms with van der Waals surface area (Å²) in [6.45, 7) is 4.21. The number of allylic oxidation sites excluding steroid dienone is 4. The third-order valence-corrected chi connectivity index (χ3v) is 11.1. The van der Waals surface area contributed by atoms with E-state index in [2.05, 4.69) is 43.5 Å². The van der Waals surface area contributed by atoms with Gasteiger partial charge in [0.05, 0.1) is 13.2 Å². The SMILES string of the molecule is CCCCC/C=C\C/C=C\CCCCCCCC(=O)OCC(COP(=O)(O)OCCNC)OC(=O)CCCCCCCCCCCCCCCCCCCCC. The standard InChI is InChI=1S/C46H88NO8P/c1-4-6-8-10-12-14-16-18-20-21-22-23-25-27-29-31-33-35-37-39-46(49)55-44(43-54-56(50,51)53-41-40-47-3)42-52-45(48)38-36-34-32-30-28-26-24-19-17-15-13-11-9-7-5-2/h13,15,19,24,44,47H,4-12,14,16-18,20-23,25-43H2,1-3H3,(H,50,51)/b15-13-,24-19-. The molecule has 0 aliphatic heterocycles. The molecule has 0 heterocycles. The van der Waals surface area contributed by atoms with E-state index in [-0.39, 0.29) is 32.0 Å². The molecule has 9 nitrogen and oxygen atoms in total. The van der Waals surface area contributed by atoms with Gasteiger partial charge in [-0.3, -0.25) is 18.6 Å². The topological polar surface area (TPSA) is 120 Å².